The van der Waals surface area contributed by atoms with Crippen molar-refractivity contribution in [3.8, 4) is 16.9 Å². The number of rotatable bonds is 4. The summed E-state index contributed by atoms with van der Waals surface area (Å²) in [6.07, 6.45) is 4.79. The Balaban J connectivity index is 2.16. The summed E-state index contributed by atoms with van der Waals surface area (Å²) < 4.78 is 6.37. The molecule has 0 fully saturated rings. The summed E-state index contributed by atoms with van der Waals surface area (Å²) in [7, 11) is 0. The molecule has 0 saturated heterocycles. The maximum Gasteiger partial charge on any atom is 0.195 e. The SMILES string of the molecule is [C-]#[N+]c1cccc2c1-c1c(C)cc(CCCCC)cc1OC2(C)C. The van der Waals surface area contributed by atoms with Crippen molar-refractivity contribution in [2.24, 2.45) is 0 Å². The lowest BCUT2D eigenvalue weighted by Crippen LogP contribution is -2.29. The van der Waals surface area contributed by atoms with Crippen molar-refractivity contribution in [2.45, 2.75) is 59.0 Å². The van der Waals surface area contributed by atoms with Gasteiger partial charge in [0.05, 0.1) is 6.57 Å². The van der Waals surface area contributed by atoms with Crippen LogP contribution in [0.2, 0.25) is 0 Å². The number of fused-ring (bicyclic) bond motifs is 3. The fourth-order valence-corrected chi connectivity index (χ4v) is 3.68. The molecule has 0 saturated carbocycles. The zero-order chi connectivity index (χ0) is 17.3. The van der Waals surface area contributed by atoms with E-state index >= 15 is 0 Å². The van der Waals surface area contributed by atoms with Crippen LogP contribution in [0.3, 0.4) is 0 Å². The Kier molecular flexibility index (Phi) is 4.37. The van der Waals surface area contributed by atoms with E-state index in [9.17, 15) is 0 Å². The largest absolute Gasteiger partial charge is 0.483 e. The lowest BCUT2D eigenvalue weighted by atomic mass is 9.83. The Morgan fingerprint density at radius 3 is 2.62 bits per heavy atom. The molecule has 0 spiro atoms. The predicted molar refractivity (Wildman–Crippen MR) is 99.8 cm³/mol. The summed E-state index contributed by atoms with van der Waals surface area (Å²) in [5.41, 5.74) is 6.08. The van der Waals surface area contributed by atoms with Crippen LogP contribution >= 0.6 is 0 Å². The van der Waals surface area contributed by atoms with Crippen molar-refractivity contribution in [1.82, 2.24) is 0 Å². The van der Waals surface area contributed by atoms with Gasteiger partial charge in [-0.15, -0.1) is 0 Å². The molecule has 3 rings (SSSR count). The van der Waals surface area contributed by atoms with Crippen LogP contribution < -0.4 is 4.74 Å². The van der Waals surface area contributed by atoms with Gasteiger partial charge in [-0.3, -0.25) is 0 Å². The Bertz CT molecular complexity index is 811. The molecule has 0 unspecified atom stereocenters. The second-order valence-electron chi connectivity index (χ2n) is 7.17. The average Bonchev–Trinajstić information content (AvgIpc) is 2.53. The molecule has 0 atom stereocenters. The first-order chi connectivity index (χ1) is 11.5. The summed E-state index contributed by atoms with van der Waals surface area (Å²) in [5, 5.41) is 0. The van der Waals surface area contributed by atoms with E-state index in [0.717, 1.165) is 28.9 Å². The van der Waals surface area contributed by atoms with Gasteiger partial charge in [0.25, 0.3) is 0 Å². The Hall–Kier alpha value is -2.27. The highest BCUT2D eigenvalue weighted by atomic mass is 16.5. The smallest absolute Gasteiger partial charge is 0.195 e. The van der Waals surface area contributed by atoms with Crippen molar-refractivity contribution in [3.05, 3.63) is 58.4 Å². The molecule has 0 N–H and O–H groups in total. The van der Waals surface area contributed by atoms with Crippen LogP contribution in [-0.2, 0) is 12.0 Å². The van der Waals surface area contributed by atoms with Crippen molar-refractivity contribution < 1.29 is 4.74 Å². The van der Waals surface area contributed by atoms with E-state index in [0.29, 0.717) is 5.69 Å². The molecule has 1 aliphatic heterocycles. The first kappa shape index (κ1) is 16.6. The highest BCUT2D eigenvalue weighted by Crippen LogP contribution is 2.50. The maximum absolute atomic E-state index is 7.56. The molecule has 24 heavy (non-hydrogen) atoms. The molecule has 2 aromatic carbocycles. The van der Waals surface area contributed by atoms with Crippen molar-refractivity contribution in [2.75, 3.05) is 0 Å². The van der Waals surface area contributed by atoms with E-state index < -0.39 is 5.60 Å². The first-order valence-electron chi connectivity index (χ1n) is 8.81. The second-order valence-corrected chi connectivity index (χ2v) is 7.17. The van der Waals surface area contributed by atoms with Gasteiger partial charge in [0, 0.05) is 5.56 Å². The molecule has 0 aromatic heterocycles. The quantitative estimate of drug-likeness (QED) is 0.459. The molecule has 2 nitrogen and oxygen atoms in total. The molecule has 1 heterocycles. The lowest BCUT2D eigenvalue weighted by Gasteiger charge is -2.36. The summed E-state index contributed by atoms with van der Waals surface area (Å²) in [6.45, 7) is 16.1. The predicted octanol–water partition coefficient (Wildman–Crippen LogP) is 6.57. The summed E-state index contributed by atoms with van der Waals surface area (Å²) in [5.74, 6) is 0.926. The van der Waals surface area contributed by atoms with Gasteiger partial charge in [-0.25, -0.2) is 4.85 Å². The number of ether oxygens (including phenoxy) is 1. The Morgan fingerprint density at radius 2 is 1.92 bits per heavy atom. The van der Waals surface area contributed by atoms with E-state index in [2.05, 4.69) is 50.7 Å². The molecule has 2 aromatic rings. The zero-order valence-corrected chi connectivity index (χ0v) is 15.1. The summed E-state index contributed by atoms with van der Waals surface area (Å²) in [6, 6.07) is 10.4. The molecule has 1 aliphatic rings. The standard InChI is InChI=1S/C22H25NO/c1-6-7-8-10-16-13-15(2)20-19(14-16)24-22(3,4)17-11-9-12-18(23-5)21(17)20/h9,11-14H,6-8,10H2,1-4H3. The van der Waals surface area contributed by atoms with Gasteiger partial charge in [-0.05, 0) is 61.9 Å². The van der Waals surface area contributed by atoms with E-state index in [1.54, 1.807) is 0 Å². The third kappa shape index (κ3) is 2.80. The zero-order valence-electron chi connectivity index (χ0n) is 15.1. The van der Waals surface area contributed by atoms with Crippen LogP contribution in [0.5, 0.6) is 5.75 Å². The number of aryl methyl sites for hydroxylation is 2. The normalized spacial score (nSPS) is 14.3. The molecule has 124 valence electrons. The number of unbranched alkanes of at least 4 members (excludes halogenated alkanes) is 2. The minimum atomic E-state index is -0.419. The number of hydrogen-bond donors (Lipinski definition) is 0. The summed E-state index contributed by atoms with van der Waals surface area (Å²) in [4.78, 5) is 3.77. The minimum absolute atomic E-state index is 0.419. The Morgan fingerprint density at radius 1 is 1.12 bits per heavy atom. The van der Waals surface area contributed by atoms with Gasteiger partial charge in [-0.2, -0.15) is 0 Å². The molecule has 0 bridgehead atoms. The van der Waals surface area contributed by atoms with E-state index in [1.165, 1.54) is 30.4 Å². The second kappa shape index (κ2) is 6.32. The first-order valence-corrected chi connectivity index (χ1v) is 8.81. The van der Waals surface area contributed by atoms with E-state index in [-0.39, 0.29) is 0 Å². The molecule has 0 aliphatic carbocycles. The molecular weight excluding hydrogens is 294 g/mol. The van der Waals surface area contributed by atoms with Crippen LogP contribution in [0.25, 0.3) is 16.0 Å². The Labute approximate surface area is 145 Å². The maximum atomic E-state index is 7.56. The van der Waals surface area contributed by atoms with E-state index in [4.69, 9.17) is 11.3 Å². The highest BCUT2D eigenvalue weighted by Gasteiger charge is 2.34. The minimum Gasteiger partial charge on any atom is -0.483 e. The summed E-state index contributed by atoms with van der Waals surface area (Å²) >= 11 is 0. The number of hydrogen-bond acceptors (Lipinski definition) is 1. The van der Waals surface area contributed by atoms with Crippen LogP contribution in [0, 0.1) is 13.5 Å². The van der Waals surface area contributed by atoms with Gasteiger partial charge in [0.1, 0.15) is 11.4 Å². The van der Waals surface area contributed by atoms with Crippen LogP contribution in [0.15, 0.2) is 30.3 Å². The molecular formula is C22H25NO. The van der Waals surface area contributed by atoms with Crippen LogP contribution in [-0.4, -0.2) is 0 Å². The van der Waals surface area contributed by atoms with Gasteiger partial charge in [-0.1, -0.05) is 44.0 Å². The van der Waals surface area contributed by atoms with Crippen molar-refractivity contribution in [3.63, 3.8) is 0 Å². The number of benzene rings is 2. The lowest BCUT2D eigenvalue weighted by molar-refractivity contribution is 0.105. The topological polar surface area (TPSA) is 13.6 Å². The highest BCUT2D eigenvalue weighted by molar-refractivity contribution is 5.89. The van der Waals surface area contributed by atoms with Crippen LogP contribution in [0.4, 0.5) is 5.69 Å². The third-order valence-corrected chi connectivity index (χ3v) is 4.85. The monoisotopic (exact) mass is 319 g/mol. The average molecular weight is 319 g/mol. The van der Waals surface area contributed by atoms with E-state index in [1.807, 2.05) is 12.1 Å². The fraction of sp³-hybridized carbons (Fsp3) is 0.409. The van der Waals surface area contributed by atoms with Crippen molar-refractivity contribution in [1.29, 1.82) is 0 Å². The number of nitrogens with zero attached hydrogens (tertiary/aromatic N) is 1. The van der Waals surface area contributed by atoms with Crippen LogP contribution in [0.1, 0.15) is 56.7 Å². The van der Waals surface area contributed by atoms with Gasteiger partial charge >= 0.3 is 0 Å². The third-order valence-electron chi connectivity index (χ3n) is 4.85. The van der Waals surface area contributed by atoms with Gasteiger partial charge < -0.3 is 4.74 Å². The molecule has 2 heteroatoms. The molecule has 0 amide bonds. The fourth-order valence-electron chi connectivity index (χ4n) is 3.68. The molecule has 0 radical (unpaired) electrons. The van der Waals surface area contributed by atoms with Gasteiger partial charge in [0.2, 0.25) is 0 Å². The van der Waals surface area contributed by atoms with Crippen molar-refractivity contribution >= 4 is 5.69 Å². The van der Waals surface area contributed by atoms with Gasteiger partial charge in [0.15, 0.2) is 5.69 Å².